The van der Waals surface area contributed by atoms with Gasteiger partial charge in [-0.1, -0.05) is 25.1 Å². The highest BCUT2D eigenvalue weighted by Crippen LogP contribution is 2.21. The highest BCUT2D eigenvalue weighted by atomic mass is 16.5. The van der Waals surface area contributed by atoms with Gasteiger partial charge in [0.1, 0.15) is 0 Å². The molecule has 0 fully saturated rings. The fourth-order valence-electron chi connectivity index (χ4n) is 2.41. The molecule has 0 saturated carbocycles. The van der Waals surface area contributed by atoms with Crippen LogP contribution in [0.5, 0.6) is 0 Å². The van der Waals surface area contributed by atoms with Crippen molar-refractivity contribution in [1.82, 2.24) is 0 Å². The number of carbonyl (C=O) groups excluding carboxylic acids is 2. The molecule has 0 spiro atoms. The predicted octanol–water partition coefficient (Wildman–Crippen LogP) is 3.39. The molecule has 5 heteroatoms. The second-order valence-electron chi connectivity index (χ2n) is 5.43. The van der Waals surface area contributed by atoms with Crippen molar-refractivity contribution in [2.75, 3.05) is 24.3 Å². The summed E-state index contributed by atoms with van der Waals surface area (Å²) in [5.41, 5.74) is 4.28. The first-order chi connectivity index (χ1) is 11.5. The Kier molecular flexibility index (Phi) is 5.95. The number of anilines is 2. The Morgan fingerprint density at radius 1 is 1.08 bits per heavy atom. The lowest BCUT2D eigenvalue weighted by Gasteiger charge is -2.13. The number of carbonyl (C=O) groups is 2. The van der Waals surface area contributed by atoms with E-state index in [-0.39, 0.29) is 18.4 Å². The normalized spacial score (nSPS) is 10.1. The zero-order chi connectivity index (χ0) is 17.5. The Bertz CT molecular complexity index is 724. The molecule has 2 aromatic carbocycles. The molecule has 1 amide bonds. The lowest BCUT2D eigenvalue weighted by Crippen LogP contribution is -2.23. The highest BCUT2D eigenvalue weighted by molar-refractivity contribution is 5.95. The number of ether oxygens (including phenoxy) is 1. The van der Waals surface area contributed by atoms with Crippen molar-refractivity contribution in [2.45, 2.75) is 20.3 Å². The first-order valence-electron chi connectivity index (χ1n) is 7.85. The van der Waals surface area contributed by atoms with Gasteiger partial charge in [-0.05, 0) is 48.7 Å². The van der Waals surface area contributed by atoms with Gasteiger partial charge in [-0.15, -0.1) is 0 Å². The van der Waals surface area contributed by atoms with Crippen molar-refractivity contribution in [3.8, 4) is 0 Å². The van der Waals surface area contributed by atoms with Crippen LogP contribution in [-0.2, 0) is 16.0 Å². The number of benzene rings is 2. The first kappa shape index (κ1) is 17.5. The van der Waals surface area contributed by atoms with Crippen molar-refractivity contribution >= 4 is 23.3 Å². The summed E-state index contributed by atoms with van der Waals surface area (Å²) in [7, 11) is 1.34. The van der Waals surface area contributed by atoms with Crippen molar-refractivity contribution in [3.05, 3.63) is 59.2 Å². The lowest BCUT2D eigenvalue weighted by atomic mass is 10.1. The van der Waals surface area contributed by atoms with Crippen molar-refractivity contribution in [2.24, 2.45) is 0 Å². The zero-order valence-corrected chi connectivity index (χ0v) is 14.2. The van der Waals surface area contributed by atoms with Crippen LogP contribution in [0.15, 0.2) is 42.5 Å². The number of methoxy groups -OCH3 is 1. The molecule has 0 heterocycles. The van der Waals surface area contributed by atoms with Gasteiger partial charge in [0.05, 0.1) is 19.2 Å². The van der Waals surface area contributed by atoms with Gasteiger partial charge in [0.25, 0.3) is 0 Å². The summed E-state index contributed by atoms with van der Waals surface area (Å²) in [5, 5.41) is 6.00. The van der Waals surface area contributed by atoms with Gasteiger partial charge in [-0.3, -0.25) is 4.79 Å². The molecule has 2 rings (SSSR count). The van der Waals surface area contributed by atoms with E-state index >= 15 is 0 Å². The molecule has 0 unspecified atom stereocenters. The summed E-state index contributed by atoms with van der Waals surface area (Å²) in [6, 6.07) is 12.8. The van der Waals surface area contributed by atoms with E-state index in [1.807, 2.05) is 25.1 Å². The van der Waals surface area contributed by atoms with E-state index in [1.165, 1.54) is 7.11 Å². The van der Waals surface area contributed by atoms with E-state index in [1.54, 1.807) is 24.3 Å². The van der Waals surface area contributed by atoms with Gasteiger partial charge >= 0.3 is 5.97 Å². The average molecular weight is 326 g/mol. The van der Waals surface area contributed by atoms with Crippen LogP contribution in [0.3, 0.4) is 0 Å². The summed E-state index contributed by atoms with van der Waals surface area (Å²) in [5.74, 6) is -0.498. The first-order valence-corrected chi connectivity index (χ1v) is 7.85. The number of esters is 1. The van der Waals surface area contributed by atoms with E-state index in [0.29, 0.717) is 5.56 Å². The van der Waals surface area contributed by atoms with Crippen LogP contribution < -0.4 is 10.6 Å². The Morgan fingerprint density at radius 2 is 1.79 bits per heavy atom. The van der Waals surface area contributed by atoms with Crippen molar-refractivity contribution in [3.63, 3.8) is 0 Å². The number of para-hydroxylation sites is 1. The van der Waals surface area contributed by atoms with E-state index in [9.17, 15) is 9.59 Å². The molecule has 0 aliphatic carbocycles. The Labute approximate surface area is 142 Å². The highest BCUT2D eigenvalue weighted by Gasteiger charge is 2.09. The SMILES string of the molecule is CCc1cccc(C)c1NC(=O)CNc1ccc(C(=O)OC)cc1. The third-order valence-corrected chi connectivity index (χ3v) is 3.76. The molecular weight excluding hydrogens is 304 g/mol. The molecule has 2 aromatic rings. The molecule has 0 saturated heterocycles. The van der Waals surface area contributed by atoms with Crippen LogP contribution in [0.4, 0.5) is 11.4 Å². The molecule has 2 N–H and O–H groups in total. The fraction of sp³-hybridized carbons (Fsp3) is 0.263. The van der Waals surface area contributed by atoms with Gasteiger partial charge in [-0.2, -0.15) is 0 Å². The monoisotopic (exact) mass is 326 g/mol. The lowest BCUT2D eigenvalue weighted by molar-refractivity contribution is -0.114. The number of hydrogen-bond donors (Lipinski definition) is 2. The van der Waals surface area contributed by atoms with E-state index in [2.05, 4.69) is 22.3 Å². The zero-order valence-electron chi connectivity index (χ0n) is 14.2. The minimum atomic E-state index is -0.383. The van der Waals surface area contributed by atoms with Crippen LogP contribution in [0.25, 0.3) is 0 Å². The van der Waals surface area contributed by atoms with E-state index in [0.717, 1.165) is 28.9 Å². The summed E-state index contributed by atoms with van der Waals surface area (Å²) in [6.45, 7) is 4.19. The topological polar surface area (TPSA) is 67.4 Å². The van der Waals surface area contributed by atoms with Crippen LogP contribution >= 0.6 is 0 Å². The number of aryl methyl sites for hydroxylation is 2. The molecule has 0 aliphatic heterocycles. The summed E-state index contributed by atoms with van der Waals surface area (Å²) < 4.78 is 4.65. The van der Waals surface area contributed by atoms with Gasteiger partial charge in [-0.25, -0.2) is 4.79 Å². The van der Waals surface area contributed by atoms with E-state index in [4.69, 9.17) is 0 Å². The van der Waals surface area contributed by atoms with Crippen LogP contribution in [0.1, 0.15) is 28.4 Å². The molecule has 0 bridgehead atoms. The number of amides is 1. The second-order valence-corrected chi connectivity index (χ2v) is 5.43. The Hall–Kier alpha value is -2.82. The largest absolute Gasteiger partial charge is 0.465 e. The van der Waals surface area contributed by atoms with Crippen molar-refractivity contribution in [1.29, 1.82) is 0 Å². The summed E-state index contributed by atoms with van der Waals surface area (Å²) in [4.78, 5) is 23.6. The van der Waals surface area contributed by atoms with Crippen molar-refractivity contribution < 1.29 is 14.3 Å². The minimum absolute atomic E-state index is 0.115. The van der Waals surface area contributed by atoms with Crippen LogP contribution in [0, 0.1) is 6.92 Å². The molecule has 0 radical (unpaired) electrons. The van der Waals surface area contributed by atoms with Crippen LogP contribution in [-0.4, -0.2) is 25.5 Å². The van der Waals surface area contributed by atoms with Gasteiger partial charge in [0.2, 0.25) is 5.91 Å². The maximum Gasteiger partial charge on any atom is 0.337 e. The molecular formula is C19H22N2O3. The molecule has 0 aromatic heterocycles. The summed E-state index contributed by atoms with van der Waals surface area (Å²) >= 11 is 0. The Morgan fingerprint density at radius 3 is 2.42 bits per heavy atom. The third-order valence-electron chi connectivity index (χ3n) is 3.76. The second kappa shape index (κ2) is 8.15. The van der Waals surface area contributed by atoms with E-state index < -0.39 is 0 Å². The summed E-state index contributed by atoms with van der Waals surface area (Å²) in [6.07, 6.45) is 0.861. The average Bonchev–Trinajstić information content (AvgIpc) is 2.61. The fourth-order valence-corrected chi connectivity index (χ4v) is 2.41. The Balaban J connectivity index is 1.95. The van der Waals surface area contributed by atoms with Gasteiger partial charge < -0.3 is 15.4 Å². The van der Waals surface area contributed by atoms with Crippen LogP contribution in [0.2, 0.25) is 0 Å². The quantitative estimate of drug-likeness (QED) is 0.799. The number of hydrogen-bond acceptors (Lipinski definition) is 4. The maximum atomic E-state index is 12.2. The smallest absolute Gasteiger partial charge is 0.337 e. The molecule has 0 atom stereocenters. The molecule has 0 aliphatic rings. The minimum Gasteiger partial charge on any atom is -0.465 e. The third kappa shape index (κ3) is 4.35. The standard InChI is InChI=1S/C19H22N2O3/c1-4-14-7-5-6-13(2)18(14)21-17(22)12-20-16-10-8-15(9-11-16)19(23)24-3/h5-11,20H,4,12H2,1-3H3,(H,21,22). The molecule has 126 valence electrons. The molecule has 5 nitrogen and oxygen atoms in total. The predicted molar refractivity (Wildman–Crippen MR) is 95.5 cm³/mol. The van der Waals surface area contributed by atoms with Gasteiger partial charge in [0, 0.05) is 11.4 Å². The number of rotatable bonds is 6. The molecule has 24 heavy (non-hydrogen) atoms. The van der Waals surface area contributed by atoms with Gasteiger partial charge in [0.15, 0.2) is 0 Å². The number of nitrogens with one attached hydrogen (secondary N) is 2. The maximum absolute atomic E-state index is 12.2.